The molecule has 0 fully saturated rings. The number of halogens is 5. The molecule has 220 valence electrons. The Hall–Kier alpha value is -4.52. The lowest BCUT2D eigenvalue weighted by molar-refractivity contribution is -0.274. The molecule has 42 heavy (non-hydrogen) atoms. The van der Waals surface area contributed by atoms with E-state index in [9.17, 15) is 30.4 Å². The molecule has 1 heterocycles. The summed E-state index contributed by atoms with van der Waals surface area (Å²) < 4.78 is 99.0. The average molecular weight is 606 g/mol. The summed E-state index contributed by atoms with van der Waals surface area (Å²) in [5.74, 6) is -3.28. The molecule has 0 radical (unpaired) electrons. The number of hydrogen-bond acceptors (Lipinski definition) is 7. The second-order valence-electron chi connectivity index (χ2n) is 9.30. The van der Waals surface area contributed by atoms with Crippen molar-refractivity contribution >= 4 is 21.7 Å². The molecule has 0 aliphatic heterocycles. The summed E-state index contributed by atoms with van der Waals surface area (Å²) >= 11 is 0. The van der Waals surface area contributed by atoms with Crippen molar-refractivity contribution in [3.63, 3.8) is 0 Å². The standard InChI is InChI=1S/C29H24F5N3O4S/c1-17-37-26(18-7-10-21(11-8-18)41-29(32,33)34)27(40-17)23-16-20(19-5-4-6-22(15-19)42(3,38)39)9-12-24(23)36-14-13-25(35)28(2,30)31/h4-16H,35H2,1-3H3. The summed E-state index contributed by atoms with van der Waals surface area (Å²) in [5.41, 5.74) is 7.10. The van der Waals surface area contributed by atoms with Crippen molar-refractivity contribution in [3.05, 3.63) is 84.4 Å². The summed E-state index contributed by atoms with van der Waals surface area (Å²) in [6, 6.07) is 16.1. The number of allylic oxidation sites excluding steroid dienone is 2. The molecule has 0 bridgehead atoms. The predicted molar refractivity (Wildman–Crippen MR) is 148 cm³/mol. The van der Waals surface area contributed by atoms with E-state index in [4.69, 9.17) is 10.2 Å². The van der Waals surface area contributed by atoms with Crippen LogP contribution in [0.5, 0.6) is 5.75 Å². The van der Waals surface area contributed by atoms with Crippen LogP contribution >= 0.6 is 0 Å². The minimum Gasteiger partial charge on any atom is -0.440 e. The van der Waals surface area contributed by atoms with Crippen molar-refractivity contribution in [2.24, 2.45) is 10.7 Å². The molecule has 4 rings (SSSR count). The number of aryl methyl sites for hydroxylation is 1. The predicted octanol–water partition coefficient (Wildman–Crippen LogP) is 7.49. The largest absolute Gasteiger partial charge is 0.573 e. The molecule has 13 heteroatoms. The number of sulfone groups is 1. The minimum absolute atomic E-state index is 0.0992. The molecule has 3 aromatic carbocycles. The van der Waals surface area contributed by atoms with Crippen molar-refractivity contribution in [2.45, 2.75) is 31.0 Å². The lowest BCUT2D eigenvalue weighted by Crippen LogP contribution is -2.20. The van der Waals surface area contributed by atoms with E-state index in [0.29, 0.717) is 29.2 Å². The highest BCUT2D eigenvalue weighted by Gasteiger charge is 2.31. The van der Waals surface area contributed by atoms with Gasteiger partial charge in [0.1, 0.15) is 11.4 Å². The van der Waals surface area contributed by atoms with Gasteiger partial charge in [0.25, 0.3) is 5.92 Å². The topological polar surface area (TPSA) is 108 Å². The van der Waals surface area contributed by atoms with Crippen LogP contribution in [-0.2, 0) is 9.84 Å². The number of nitrogens with two attached hydrogens (primary N) is 1. The van der Waals surface area contributed by atoms with Gasteiger partial charge in [0.2, 0.25) is 0 Å². The van der Waals surface area contributed by atoms with E-state index in [0.717, 1.165) is 30.7 Å². The smallest absolute Gasteiger partial charge is 0.440 e. The molecule has 0 amide bonds. The highest BCUT2D eigenvalue weighted by Crippen LogP contribution is 2.41. The fourth-order valence-corrected chi connectivity index (χ4v) is 4.55. The first kappa shape index (κ1) is 30.4. The third kappa shape index (κ3) is 7.40. The molecule has 7 nitrogen and oxygen atoms in total. The summed E-state index contributed by atoms with van der Waals surface area (Å²) in [6.45, 7) is 2.22. The van der Waals surface area contributed by atoms with Gasteiger partial charge in [0.15, 0.2) is 21.5 Å². The fraction of sp³-hybridized carbons (Fsp3) is 0.172. The molecule has 0 aliphatic carbocycles. The number of alkyl halides is 5. The first-order valence-corrected chi connectivity index (χ1v) is 14.1. The Balaban J connectivity index is 1.87. The average Bonchev–Trinajstić information content (AvgIpc) is 3.28. The van der Waals surface area contributed by atoms with E-state index >= 15 is 0 Å². The van der Waals surface area contributed by atoms with Crippen molar-refractivity contribution < 1.29 is 39.5 Å². The van der Waals surface area contributed by atoms with Gasteiger partial charge in [-0.05, 0) is 65.7 Å². The Morgan fingerprint density at radius 3 is 2.24 bits per heavy atom. The fourth-order valence-electron chi connectivity index (χ4n) is 3.88. The normalized spacial score (nSPS) is 13.1. The first-order valence-electron chi connectivity index (χ1n) is 12.2. The van der Waals surface area contributed by atoms with Gasteiger partial charge in [0.05, 0.1) is 16.3 Å². The molecular weight excluding hydrogens is 581 g/mol. The van der Waals surface area contributed by atoms with Gasteiger partial charge in [-0.15, -0.1) is 13.2 Å². The van der Waals surface area contributed by atoms with Gasteiger partial charge in [0, 0.05) is 37.4 Å². The molecule has 0 saturated carbocycles. The number of oxazole rings is 1. The summed E-state index contributed by atoms with van der Waals surface area (Å²) in [7, 11) is -3.50. The number of aromatic nitrogens is 1. The van der Waals surface area contributed by atoms with E-state index in [1.54, 1.807) is 37.3 Å². The van der Waals surface area contributed by atoms with Gasteiger partial charge in [-0.3, -0.25) is 4.99 Å². The maximum absolute atomic E-state index is 13.5. The zero-order chi connectivity index (χ0) is 30.9. The number of ether oxygens (including phenoxy) is 1. The zero-order valence-electron chi connectivity index (χ0n) is 22.4. The van der Waals surface area contributed by atoms with Crippen molar-refractivity contribution in [1.29, 1.82) is 0 Å². The van der Waals surface area contributed by atoms with E-state index in [-0.39, 0.29) is 27.9 Å². The van der Waals surface area contributed by atoms with Gasteiger partial charge in [-0.2, -0.15) is 0 Å². The van der Waals surface area contributed by atoms with E-state index < -0.39 is 33.6 Å². The van der Waals surface area contributed by atoms with Crippen LogP contribution in [0.4, 0.5) is 27.6 Å². The Kier molecular flexibility index (Phi) is 8.26. The van der Waals surface area contributed by atoms with Crippen LogP contribution in [0.2, 0.25) is 0 Å². The third-order valence-corrected chi connectivity index (χ3v) is 7.02. The molecule has 0 unspecified atom stereocenters. The lowest BCUT2D eigenvalue weighted by Gasteiger charge is -2.11. The Morgan fingerprint density at radius 2 is 1.62 bits per heavy atom. The Morgan fingerprint density at radius 1 is 0.976 bits per heavy atom. The SMILES string of the molecule is Cc1nc(-c2ccc(OC(F)(F)F)cc2)c(-c2cc(-c3cccc(S(C)(=O)=O)c3)ccc2N=CC=C(N)C(C)(F)F)o1. The lowest BCUT2D eigenvalue weighted by atomic mass is 9.98. The van der Waals surface area contributed by atoms with Crippen LogP contribution in [0.3, 0.4) is 0 Å². The summed E-state index contributed by atoms with van der Waals surface area (Å²) in [5, 5.41) is 0. The summed E-state index contributed by atoms with van der Waals surface area (Å²) in [4.78, 5) is 8.78. The molecule has 1 aromatic heterocycles. The minimum atomic E-state index is -4.86. The second-order valence-corrected chi connectivity index (χ2v) is 11.3. The highest BCUT2D eigenvalue weighted by atomic mass is 32.2. The highest BCUT2D eigenvalue weighted by molar-refractivity contribution is 7.90. The maximum Gasteiger partial charge on any atom is 0.573 e. The molecule has 0 atom stereocenters. The van der Waals surface area contributed by atoms with Crippen molar-refractivity contribution in [2.75, 3.05) is 6.26 Å². The maximum atomic E-state index is 13.5. The van der Waals surface area contributed by atoms with Crippen molar-refractivity contribution in [1.82, 2.24) is 4.98 Å². The number of aliphatic imine (C=N–C) groups is 1. The van der Waals surface area contributed by atoms with E-state index in [1.807, 2.05) is 0 Å². The molecule has 0 saturated heterocycles. The van der Waals surface area contributed by atoms with Crippen molar-refractivity contribution in [3.8, 4) is 39.5 Å². The number of hydrogen-bond donors (Lipinski definition) is 1. The van der Waals surface area contributed by atoms with Crippen LogP contribution in [0, 0.1) is 6.92 Å². The monoisotopic (exact) mass is 605 g/mol. The summed E-state index contributed by atoms with van der Waals surface area (Å²) in [6.07, 6.45) is -1.72. The van der Waals surface area contributed by atoms with E-state index in [1.165, 1.54) is 24.3 Å². The van der Waals surface area contributed by atoms with Crippen LogP contribution in [0.25, 0.3) is 33.7 Å². The molecule has 0 spiro atoms. The van der Waals surface area contributed by atoms with Crippen LogP contribution in [0.1, 0.15) is 12.8 Å². The number of nitrogens with zero attached hydrogens (tertiary/aromatic N) is 2. The van der Waals surface area contributed by atoms with Crippen LogP contribution < -0.4 is 10.5 Å². The van der Waals surface area contributed by atoms with Gasteiger partial charge in [-0.25, -0.2) is 22.2 Å². The van der Waals surface area contributed by atoms with Crippen LogP contribution in [-0.4, -0.2) is 38.2 Å². The Labute approximate surface area is 238 Å². The van der Waals surface area contributed by atoms with Crippen LogP contribution in [0.15, 0.2) is 92.8 Å². The number of rotatable bonds is 8. The Bertz CT molecular complexity index is 1770. The first-order chi connectivity index (χ1) is 19.5. The van der Waals surface area contributed by atoms with Gasteiger partial charge in [-0.1, -0.05) is 18.2 Å². The zero-order valence-corrected chi connectivity index (χ0v) is 23.2. The molecule has 0 aliphatic rings. The van der Waals surface area contributed by atoms with Gasteiger partial charge >= 0.3 is 6.36 Å². The van der Waals surface area contributed by atoms with E-state index in [2.05, 4.69) is 14.7 Å². The third-order valence-electron chi connectivity index (χ3n) is 5.91. The molecule has 4 aromatic rings. The molecular formula is C29H24F5N3O4S. The quantitative estimate of drug-likeness (QED) is 0.165. The van der Waals surface area contributed by atoms with Gasteiger partial charge < -0.3 is 14.9 Å². The number of benzene rings is 3. The second kappa shape index (κ2) is 11.4. The molecule has 2 N–H and O–H groups in total.